The summed E-state index contributed by atoms with van der Waals surface area (Å²) >= 11 is 6.12. The standard InChI is InChI=1S/C14H11ClN2O4/c1-8-10(17(18)19)7-16-14(13(8)15)21-12-4-2-3-11-9(12)5-6-20-11/h2-4,7H,5-6H2,1H3. The molecule has 0 N–H and O–H groups in total. The van der Waals surface area contributed by atoms with Crippen LogP contribution in [0.2, 0.25) is 5.02 Å². The average Bonchev–Trinajstić information content (AvgIpc) is 2.93. The van der Waals surface area contributed by atoms with Gasteiger partial charge >= 0.3 is 0 Å². The van der Waals surface area contributed by atoms with Crippen LogP contribution in [0.1, 0.15) is 11.1 Å². The van der Waals surface area contributed by atoms with E-state index in [2.05, 4.69) is 4.98 Å². The lowest BCUT2D eigenvalue weighted by molar-refractivity contribution is -0.385. The molecular formula is C14H11ClN2O4. The highest BCUT2D eigenvalue weighted by molar-refractivity contribution is 6.32. The van der Waals surface area contributed by atoms with E-state index >= 15 is 0 Å². The molecule has 0 bridgehead atoms. The first-order chi connectivity index (χ1) is 10.1. The number of fused-ring (bicyclic) bond motifs is 1. The SMILES string of the molecule is Cc1c([N+](=O)[O-])cnc(Oc2cccc3c2CCO3)c1Cl. The highest BCUT2D eigenvalue weighted by Gasteiger charge is 2.21. The second-order valence-corrected chi connectivity index (χ2v) is 4.96. The lowest BCUT2D eigenvalue weighted by atomic mass is 10.1. The van der Waals surface area contributed by atoms with Crippen molar-refractivity contribution in [3.8, 4) is 17.4 Å². The first-order valence-corrected chi connectivity index (χ1v) is 6.67. The molecule has 1 aromatic heterocycles. The van der Waals surface area contributed by atoms with Crippen molar-refractivity contribution < 1.29 is 14.4 Å². The van der Waals surface area contributed by atoms with E-state index in [1.807, 2.05) is 12.1 Å². The minimum Gasteiger partial charge on any atom is -0.493 e. The predicted molar refractivity (Wildman–Crippen MR) is 76.4 cm³/mol. The second kappa shape index (κ2) is 5.21. The number of nitro groups is 1. The maximum Gasteiger partial charge on any atom is 0.292 e. The van der Waals surface area contributed by atoms with Gasteiger partial charge in [-0.15, -0.1) is 0 Å². The molecule has 0 aliphatic carbocycles. The molecule has 2 aromatic rings. The van der Waals surface area contributed by atoms with Gasteiger partial charge in [-0.25, -0.2) is 4.98 Å². The molecule has 0 fully saturated rings. The third kappa shape index (κ3) is 2.38. The van der Waals surface area contributed by atoms with Crippen molar-refractivity contribution in [2.75, 3.05) is 6.61 Å². The maximum absolute atomic E-state index is 10.8. The Morgan fingerprint density at radius 1 is 1.48 bits per heavy atom. The summed E-state index contributed by atoms with van der Waals surface area (Å²) in [5, 5.41) is 11.0. The van der Waals surface area contributed by atoms with Crippen molar-refractivity contribution >= 4 is 17.3 Å². The van der Waals surface area contributed by atoms with E-state index in [9.17, 15) is 10.1 Å². The van der Waals surface area contributed by atoms with Crippen molar-refractivity contribution in [1.82, 2.24) is 4.98 Å². The normalized spacial score (nSPS) is 12.7. The van der Waals surface area contributed by atoms with E-state index in [0.717, 1.165) is 23.9 Å². The molecule has 1 aromatic carbocycles. The van der Waals surface area contributed by atoms with E-state index in [1.54, 1.807) is 13.0 Å². The number of ether oxygens (including phenoxy) is 2. The van der Waals surface area contributed by atoms with Gasteiger partial charge in [0.15, 0.2) is 0 Å². The van der Waals surface area contributed by atoms with Crippen LogP contribution in [0.25, 0.3) is 0 Å². The Kier molecular flexibility index (Phi) is 3.39. The van der Waals surface area contributed by atoms with E-state index in [-0.39, 0.29) is 16.6 Å². The molecule has 6 nitrogen and oxygen atoms in total. The summed E-state index contributed by atoms with van der Waals surface area (Å²) < 4.78 is 11.2. The van der Waals surface area contributed by atoms with Gasteiger partial charge in [0.05, 0.1) is 17.1 Å². The van der Waals surface area contributed by atoms with Crippen molar-refractivity contribution in [3.05, 3.63) is 50.7 Å². The van der Waals surface area contributed by atoms with Gasteiger partial charge in [-0.2, -0.15) is 0 Å². The number of nitrogens with zero attached hydrogens (tertiary/aromatic N) is 2. The zero-order valence-corrected chi connectivity index (χ0v) is 11.9. The summed E-state index contributed by atoms with van der Waals surface area (Å²) in [6, 6.07) is 5.47. The Labute approximate surface area is 125 Å². The van der Waals surface area contributed by atoms with E-state index < -0.39 is 4.92 Å². The van der Waals surface area contributed by atoms with Crippen molar-refractivity contribution in [2.24, 2.45) is 0 Å². The van der Waals surface area contributed by atoms with Gasteiger partial charge in [0.1, 0.15) is 22.7 Å². The van der Waals surface area contributed by atoms with Gasteiger partial charge in [0, 0.05) is 12.0 Å². The molecule has 2 heterocycles. The predicted octanol–water partition coefficient (Wildman–Crippen LogP) is 3.68. The summed E-state index contributed by atoms with van der Waals surface area (Å²) in [4.78, 5) is 14.3. The number of aromatic nitrogens is 1. The Morgan fingerprint density at radius 2 is 2.29 bits per heavy atom. The molecule has 0 amide bonds. The molecule has 21 heavy (non-hydrogen) atoms. The van der Waals surface area contributed by atoms with Crippen molar-refractivity contribution in [3.63, 3.8) is 0 Å². The number of rotatable bonds is 3. The fourth-order valence-electron chi connectivity index (χ4n) is 2.19. The van der Waals surface area contributed by atoms with Gasteiger partial charge in [-0.1, -0.05) is 17.7 Å². The van der Waals surface area contributed by atoms with Gasteiger partial charge < -0.3 is 9.47 Å². The third-order valence-corrected chi connectivity index (χ3v) is 3.75. The highest BCUT2D eigenvalue weighted by Crippen LogP contribution is 2.39. The van der Waals surface area contributed by atoms with E-state index in [4.69, 9.17) is 21.1 Å². The number of benzene rings is 1. The van der Waals surface area contributed by atoms with Gasteiger partial charge in [0.2, 0.25) is 5.88 Å². The van der Waals surface area contributed by atoms with Crippen LogP contribution < -0.4 is 9.47 Å². The summed E-state index contributed by atoms with van der Waals surface area (Å²) in [5.74, 6) is 1.54. The summed E-state index contributed by atoms with van der Waals surface area (Å²) in [6.07, 6.45) is 1.89. The van der Waals surface area contributed by atoms with Crippen LogP contribution >= 0.6 is 11.6 Å². The Hall–Kier alpha value is -2.34. The second-order valence-electron chi connectivity index (χ2n) is 4.58. The zero-order valence-electron chi connectivity index (χ0n) is 11.1. The first-order valence-electron chi connectivity index (χ1n) is 6.30. The number of hydrogen-bond donors (Lipinski definition) is 0. The molecule has 1 aliphatic rings. The Bertz CT molecular complexity index is 733. The summed E-state index contributed by atoms with van der Waals surface area (Å²) in [6.45, 7) is 2.17. The molecule has 1 aliphatic heterocycles. The smallest absolute Gasteiger partial charge is 0.292 e. The van der Waals surface area contributed by atoms with Gasteiger partial charge in [0.25, 0.3) is 5.69 Å². The lowest BCUT2D eigenvalue weighted by Crippen LogP contribution is -1.98. The largest absolute Gasteiger partial charge is 0.493 e. The number of hydrogen-bond acceptors (Lipinski definition) is 5. The fraction of sp³-hybridized carbons (Fsp3) is 0.214. The molecule has 108 valence electrons. The van der Waals surface area contributed by atoms with Crippen LogP contribution in [0.4, 0.5) is 5.69 Å². The first kappa shape index (κ1) is 13.6. The molecule has 7 heteroatoms. The van der Waals surface area contributed by atoms with E-state index in [1.165, 1.54) is 0 Å². The van der Waals surface area contributed by atoms with Gasteiger partial charge in [-0.3, -0.25) is 10.1 Å². The van der Waals surface area contributed by atoms with Crippen LogP contribution in [0.3, 0.4) is 0 Å². The minimum absolute atomic E-state index is 0.131. The summed E-state index contributed by atoms with van der Waals surface area (Å²) in [7, 11) is 0. The third-order valence-electron chi connectivity index (χ3n) is 3.31. The topological polar surface area (TPSA) is 74.5 Å². The van der Waals surface area contributed by atoms with E-state index in [0.29, 0.717) is 17.9 Å². The molecule has 0 unspecified atom stereocenters. The summed E-state index contributed by atoms with van der Waals surface area (Å²) in [5.41, 5.74) is 1.15. The number of pyridine rings is 1. The molecular weight excluding hydrogens is 296 g/mol. The molecule has 0 saturated heterocycles. The number of halogens is 1. The molecule has 0 radical (unpaired) electrons. The van der Waals surface area contributed by atoms with Crippen molar-refractivity contribution in [1.29, 1.82) is 0 Å². The van der Waals surface area contributed by atoms with Crippen LogP contribution in [0, 0.1) is 17.0 Å². The molecule has 0 atom stereocenters. The highest BCUT2D eigenvalue weighted by atomic mass is 35.5. The lowest BCUT2D eigenvalue weighted by Gasteiger charge is -2.10. The van der Waals surface area contributed by atoms with Gasteiger partial charge in [-0.05, 0) is 19.1 Å². The van der Waals surface area contributed by atoms with Crippen LogP contribution in [-0.2, 0) is 6.42 Å². The molecule has 0 spiro atoms. The Morgan fingerprint density at radius 3 is 3.05 bits per heavy atom. The fourth-order valence-corrected chi connectivity index (χ4v) is 2.38. The quantitative estimate of drug-likeness (QED) is 0.638. The van der Waals surface area contributed by atoms with Crippen LogP contribution in [0.15, 0.2) is 24.4 Å². The average molecular weight is 307 g/mol. The zero-order chi connectivity index (χ0) is 15.0. The minimum atomic E-state index is -0.522. The monoisotopic (exact) mass is 306 g/mol. The van der Waals surface area contributed by atoms with Crippen molar-refractivity contribution in [2.45, 2.75) is 13.3 Å². The maximum atomic E-state index is 10.8. The Balaban J connectivity index is 1.98. The van der Waals surface area contributed by atoms with Crippen LogP contribution in [-0.4, -0.2) is 16.5 Å². The molecule has 0 saturated carbocycles. The molecule has 3 rings (SSSR count). The van der Waals surface area contributed by atoms with Crippen LogP contribution in [0.5, 0.6) is 17.4 Å².